The highest BCUT2D eigenvalue weighted by molar-refractivity contribution is 5.04. The zero-order chi connectivity index (χ0) is 13.5. The molecule has 1 unspecified atom stereocenters. The average Bonchev–Trinajstić information content (AvgIpc) is 2.37. The molecule has 0 rings (SSSR count). The molecule has 0 saturated carbocycles. The average molecular weight is 250 g/mol. The summed E-state index contributed by atoms with van der Waals surface area (Å²) in [5, 5.41) is 9.43. The van der Waals surface area contributed by atoms with E-state index in [1.807, 2.05) is 12.2 Å². The zero-order valence-corrected chi connectivity index (χ0v) is 11.6. The maximum absolute atomic E-state index is 9.43. The highest BCUT2D eigenvalue weighted by Crippen LogP contribution is 1.96. The van der Waals surface area contributed by atoms with E-state index in [1.54, 1.807) is 18.2 Å². The van der Waals surface area contributed by atoms with Gasteiger partial charge in [0.2, 0.25) is 6.29 Å². The minimum Gasteiger partial charge on any atom is -0.469 e. The van der Waals surface area contributed by atoms with E-state index < -0.39 is 6.29 Å². The fourth-order valence-electron chi connectivity index (χ4n) is 1.21. The molecule has 0 heterocycles. The molecule has 0 aliphatic heterocycles. The van der Waals surface area contributed by atoms with Crippen LogP contribution in [0.4, 0.5) is 0 Å². The summed E-state index contributed by atoms with van der Waals surface area (Å²) in [7, 11) is 0. The van der Waals surface area contributed by atoms with Crippen molar-refractivity contribution in [2.45, 2.75) is 52.2 Å². The number of ether oxygens (including phenoxy) is 1. The highest BCUT2D eigenvalue weighted by Gasteiger charge is 1.91. The van der Waals surface area contributed by atoms with Crippen molar-refractivity contribution in [1.82, 2.24) is 0 Å². The lowest BCUT2D eigenvalue weighted by molar-refractivity contribution is -0.0110. The molecule has 0 aromatic rings. The van der Waals surface area contributed by atoms with Gasteiger partial charge in [0, 0.05) is 0 Å². The standard InChI is InChI=1S/C16H26O2/c1-3-5-7-9-11-13-15-18-16(17)14-12-10-8-6-4-2/h8-17H,3-7H2,1-2H3. The topological polar surface area (TPSA) is 29.5 Å². The number of hydrogen-bond acceptors (Lipinski definition) is 2. The molecular formula is C16H26O2. The third-order valence-corrected chi connectivity index (χ3v) is 2.25. The Kier molecular flexibility index (Phi) is 12.8. The molecule has 0 spiro atoms. The second kappa shape index (κ2) is 13.8. The summed E-state index contributed by atoms with van der Waals surface area (Å²) in [6, 6.07) is 0. The predicted molar refractivity (Wildman–Crippen MR) is 78.1 cm³/mol. The first-order chi connectivity index (χ1) is 8.81. The van der Waals surface area contributed by atoms with Crippen LogP contribution in [0.2, 0.25) is 0 Å². The van der Waals surface area contributed by atoms with Gasteiger partial charge in [-0.1, -0.05) is 63.5 Å². The van der Waals surface area contributed by atoms with E-state index in [-0.39, 0.29) is 0 Å². The number of aliphatic hydroxyl groups excluding tert-OH is 1. The summed E-state index contributed by atoms with van der Waals surface area (Å²) >= 11 is 0. The monoisotopic (exact) mass is 250 g/mol. The molecular weight excluding hydrogens is 224 g/mol. The van der Waals surface area contributed by atoms with Gasteiger partial charge < -0.3 is 9.84 Å². The quantitative estimate of drug-likeness (QED) is 0.268. The van der Waals surface area contributed by atoms with Gasteiger partial charge in [0.1, 0.15) is 0 Å². The maximum atomic E-state index is 9.43. The second-order valence-corrected chi connectivity index (χ2v) is 4.03. The van der Waals surface area contributed by atoms with Gasteiger partial charge in [0.25, 0.3) is 0 Å². The van der Waals surface area contributed by atoms with Crippen LogP contribution in [0.15, 0.2) is 48.8 Å². The molecule has 18 heavy (non-hydrogen) atoms. The van der Waals surface area contributed by atoms with Crippen molar-refractivity contribution in [2.75, 3.05) is 0 Å². The van der Waals surface area contributed by atoms with E-state index in [9.17, 15) is 5.11 Å². The minimum atomic E-state index is -0.878. The summed E-state index contributed by atoms with van der Waals surface area (Å²) in [4.78, 5) is 0. The normalized spacial score (nSPS) is 14.4. The first-order valence-corrected chi connectivity index (χ1v) is 6.79. The molecule has 1 N–H and O–H groups in total. The molecule has 0 saturated heterocycles. The highest BCUT2D eigenvalue weighted by atomic mass is 16.6. The Labute approximate surface area is 111 Å². The molecule has 102 valence electrons. The fourth-order valence-corrected chi connectivity index (χ4v) is 1.21. The van der Waals surface area contributed by atoms with Gasteiger partial charge in [-0.15, -0.1) is 0 Å². The van der Waals surface area contributed by atoms with Gasteiger partial charge in [0.15, 0.2) is 0 Å². The summed E-state index contributed by atoms with van der Waals surface area (Å²) in [6.07, 6.45) is 19.5. The van der Waals surface area contributed by atoms with E-state index in [0.717, 1.165) is 19.3 Å². The lowest BCUT2D eigenvalue weighted by Gasteiger charge is -2.02. The van der Waals surface area contributed by atoms with Crippen LogP contribution in [0.1, 0.15) is 46.0 Å². The lowest BCUT2D eigenvalue weighted by Crippen LogP contribution is -2.02. The molecule has 0 radical (unpaired) electrons. The number of aliphatic hydroxyl groups is 1. The molecule has 2 nitrogen and oxygen atoms in total. The minimum absolute atomic E-state index is 0.878. The van der Waals surface area contributed by atoms with Gasteiger partial charge in [-0.05, 0) is 25.0 Å². The number of hydrogen-bond donors (Lipinski definition) is 1. The van der Waals surface area contributed by atoms with Gasteiger partial charge >= 0.3 is 0 Å². The Morgan fingerprint density at radius 2 is 1.67 bits per heavy atom. The van der Waals surface area contributed by atoms with Crippen molar-refractivity contribution in [3.8, 4) is 0 Å². The van der Waals surface area contributed by atoms with Crippen LogP contribution in [0, 0.1) is 0 Å². The summed E-state index contributed by atoms with van der Waals surface area (Å²) in [5.41, 5.74) is 0. The number of rotatable bonds is 10. The van der Waals surface area contributed by atoms with Gasteiger partial charge in [-0.25, -0.2) is 0 Å². The van der Waals surface area contributed by atoms with Gasteiger partial charge in [0.05, 0.1) is 6.26 Å². The fraction of sp³-hybridized carbons (Fsp3) is 0.500. The van der Waals surface area contributed by atoms with Crippen LogP contribution < -0.4 is 0 Å². The second-order valence-electron chi connectivity index (χ2n) is 4.03. The predicted octanol–water partition coefficient (Wildman–Crippen LogP) is 4.49. The Hall–Kier alpha value is -1.28. The van der Waals surface area contributed by atoms with Crippen LogP contribution in [0.3, 0.4) is 0 Å². The molecule has 2 heteroatoms. The van der Waals surface area contributed by atoms with Crippen LogP contribution in [0.5, 0.6) is 0 Å². The van der Waals surface area contributed by atoms with E-state index in [2.05, 4.69) is 26.0 Å². The molecule has 0 bridgehead atoms. The molecule has 0 aliphatic rings. The summed E-state index contributed by atoms with van der Waals surface area (Å²) < 4.78 is 5.06. The van der Waals surface area contributed by atoms with Gasteiger partial charge in [-0.2, -0.15) is 0 Å². The molecule has 0 aliphatic carbocycles. The van der Waals surface area contributed by atoms with Crippen molar-refractivity contribution in [1.29, 1.82) is 0 Å². The Balaban J connectivity index is 3.65. The van der Waals surface area contributed by atoms with Gasteiger partial charge in [-0.3, -0.25) is 0 Å². The maximum Gasteiger partial charge on any atom is 0.216 e. The number of unbranched alkanes of at least 4 members (excludes halogenated alkanes) is 3. The smallest absolute Gasteiger partial charge is 0.216 e. The van der Waals surface area contributed by atoms with Crippen molar-refractivity contribution in [3.63, 3.8) is 0 Å². The molecule has 0 aromatic heterocycles. The third kappa shape index (κ3) is 12.8. The summed E-state index contributed by atoms with van der Waals surface area (Å²) in [6.45, 7) is 4.30. The third-order valence-electron chi connectivity index (χ3n) is 2.25. The van der Waals surface area contributed by atoms with Crippen molar-refractivity contribution in [2.24, 2.45) is 0 Å². The van der Waals surface area contributed by atoms with E-state index in [1.165, 1.54) is 19.1 Å². The van der Waals surface area contributed by atoms with Crippen LogP contribution >= 0.6 is 0 Å². The van der Waals surface area contributed by atoms with Crippen molar-refractivity contribution < 1.29 is 9.84 Å². The Bertz CT molecular complexity index is 275. The first-order valence-electron chi connectivity index (χ1n) is 6.79. The zero-order valence-electron chi connectivity index (χ0n) is 11.6. The Morgan fingerprint density at radius 3 is 2.39 bits per heavy atom. The molecule has 0 fully saturated rings. The van der Waals surface area contributed by atoms with Crippen molar-refractivity contribution >= 4 is 0 Å². The van der Waals surface area contributed by atoms with E-state index in [4.69, 9.17) is 4.74 Å². The Morgan fingerprint density at radius 1 is 0.944 bits per heavy atom. The lowest BCUT2D eigenvalue weighted by atomic mass is 10.2. The summed E-state index contributed by atoms with van der Waals surface area (Å²) in [5.74, 6) is 0. The number of allylic oxidation sites excluding steroid dienone is 6. The van der Waals surface area contributed by atoms with Crippen LogP contribution in [-0.4, -0.2) is 11.4 Å². The van der Waals surface area contributed by atoms with E-state index >= 15 is 0 Å². The van der Waals surface area contributed by atoms with Crippen LogP contribution in [-0.2, 0) is 4.74 Å². The molecule has 0 aromatic carbocycles. The molecule has 1 atom stereocenters. The largest absolute Gasteiger partial charge is 0.469 e. The SMILES string of the molecule is CCCC=CC=CC(O)OC=CC=CCCCC. The molecule has 0 amide bonds. The van der Waals surface area contributed by atoms with Crippen molar-refractivity contribution in [3.05, 3.63) is 48.8 Å². The first kappa shape index (κ1) is 16.7. The van der Waals surface area contributed by atoms with E-state index in [0.29, 0.717) is 0 Å². The van der Waals surface area contributed by atoms with Crippen LogP contribution in [0.25, 0.3) is 0 Å².